The summed E-state index contributed by atoms with van der Waals surface area (Å²) < 4.78 is 10.9. The van der Waals surface area contributed by atoms with Crippen LogP contribution in [-0.4, -0.2) is 23.1 Å². The molecule has 0 aliphatic carbocycles. The van der Waals surface area contributed by atoms with Gasteiger partial charge in [0.15, 0.2) is 0 Å². The topological polar surface area (TPSA) is 35.5 Å². The van der Waals surface area contributed by atoms with Crippen LogP contribution in [0.1, 0.15) is 18.6 Å². The molecule has 0 bridgehead atoms. The Hall–Kier alpha value is -0.620. The van der Waals surface area contributed by atoms with Gasteiger partial charge in [-0.3, -0.25) is 4.79 Å². The summed E-state index contributed by atoms with van der Waals surface area (Å²) in [5.41, 5.74) is 1.04. The maximum Gasteiger partial charge on any atom is 0.312 e. The van der Waals surface area contributed by atoms with Gasteiger partial charge in [-0.15, -0.1) is 0 Å². The number of esters is 1. The maximum atomic E-state index is 11.8. The highest BCUT2D eigenvalue weighted by atomic mass is 127. The number of carbonyl (C=O) groups is 1. The van der Waals surface area contributed by atoms with Gasteiger partial charge >= 0.3 is 5.97 Å². The molecule has 0 radical (unpaired) electrons. The van der Waals surface area contributed by atoms with Gasteiger partial charge in [-0.1, -0.05) is 52.9 Å². The third kappa shape index (κ3) is 2.47. The molecule has 4 heteroatoms. The molecule has 0 unspecified atom stereocenters. The first-order valence-electron chi connectivity index (χ1n) is 5.57. The van der Waals surface area contributed by atoms with Crippen molar-refractivity contribution in [3.8, 4) is 0 Å². The summed E-state index contributed by atoms with van der Waals surface area (Å²) in [7, 11) is 1.43. The lowest BCUT2D eigenvalue weighted by Gasteiger charge is -2.18. The molecule has 4 atom stereocenters. The fourth-order valence-electron chi connectivity index (χ4n) is 2.17. The van der Waals surface area contributed by atoms with Gasteiger partial charge in [0.25, 0.3) is 0 Å². The second kappa shape index (κ2) is 5.35. The lowest BCUT2D eigenvalue weighted by molar-refractivity contribution is -0.147. The van der Waals surface area contributed by atoms with Crippen LogP contribution in [0.5, 0.6) is 0 Å². The molecule has 92 valence electrons. The van der Waals surface area contributed by atoms with E-state index in [1.165, 1.54) is 7.11 Å². The summed E-state index contributed by atoms with van der Waals surface area (Å²) in [4.78, 5) is 11.8. The number of carbonyl (C=O) groups excluding carboxylic acids is 1. The minimum Gasteiger partial charge on any atom is -0.469 e. The van der Waals surface area contributed by atoms with Crippen molar-refractivity contribution in [3.63, 3.8) is 0 Å². The highest BCUT2D eigenvalue weighted by molar-refractivity contribution is 14.1. The van der Waals surface area contributed by atoms with Crippen molar-refractivity contribution in [1.29, 1.82) is 0 Å². The van der Waals surface area contributed by atoms with Crippen LogP contribution in [0.15, 0.2) is 30.3 Å². The Bertz CT molecular complexity index is 393. The zero-order valence-corrected chi connectivity index (χ0v) is 12.0. The Morgan fingerprint density at radius 3 is 2.59 bits per heavy atom. The first-order chi connectivity index (χ1) is 8.15. The Balaban J connectivity index is 2.30. The van der Waals surface area contributed by atoms with Gasteiger partial charge in [0, 0.05) is 0 Å². The molecule has 0 amide bonds. The molecule has 1 aliphatic rings. The highest BCUT2D eigenvalue weighted by Gasteiger charge is 2.46. The van der Waals surface area contributed by atoms with Crippen LogP contribution in [0.25, 0.3) is 0 Å². The molecule has 3 nitrogen and oxygen atoms in total. The van der Waals surface area contributed by atoms with Crippen molar-refractivity contribution >= 4 is 28.6 Å². The minimum atomic E-state index is -0.224. The number of halogens is 1. The zero-order chi connectivity index (χ0) is 12.4. The largest absolute Gasteiger partial charge is 0.469 e. The summed E-state index contributed by atoms with van der Waals surface area (Å²) in [6.45, 7) is 2.00. The van der Waals surface area contributed by atoms with Gasteiger partial charge in [0.05, 0.1) is 23.2 Å². The molecule has 17 heavy (non-hydrogen) atoms. The molecule has 0 N–H and O–H groups in total. The fraction of sp³-hybridized carbons (Fsp3) is 0.462. The monoisotopic (exact) mass is 346 g/mol. The van der Waals surface area contributed by atoms with E-state index in [4.69, 9.17) is 9.47 Å². The van der Waals surface area contributed by atoms with E-state index in [1.54, 1.807) is 0 Å². The van der Waals surface area contributed by atoms with Crippen LogP contribution in [0, 0.1) is 5.92 Å². The average molecular weight is 346 g/mol. The summed E-state index contributed by atoms with van der Waals surface area (Å²) in [6.07, 6.45) is -0.134. The van der Waals surface area contributed by atoms with Crippen molar-refractivity contribution in [2.45, 2.75) is 23.1 Å². The Labute approximate surface area is 115 Å². The SMILES string of the molecule is COC(=O)[C@H]1[C@H](I)[C@@H](C)O[C@@H]1c1ccccc1. The maximum absolute atomic E-state index is 11.8. The summed E-state index contributed by atoms with van der Waals surface area (Å²) in [5, 5.41) is 0. The third-order valence-corrected chi connectivity index (χ3v) is 4.87. The third-order valence-electron chi connectivity index (χ3n) is 3.08. The normalized spacial score (nSPS) is 32.4. The number of rotatable bonds is 2. The van der Waals surface area contributed by atoms with Gasteiger partial charge in [-0.25, -0.2) is 0 Å². The molecule has 0 aromatic heterocycles. The van der Waals surface area contributed by atoms with Crippen molar-refractivity contribution in [3.05, 3.63) is 35.9 Å². The van der Waals surface area contributed by atoms with Gasteiger partial charge in [-0.2, -0.15) is 0 Å². The lowest BCUT2D eigenvalue weighted by Crippen LogP contribution is -2.27. The molecule has 0 saturated carbocycles. The number of hydrogen-bond acceptors (Lipinski definition) is 3. The van der Waals surface area contributed by atoms with E-state index >= 15 is 0 Å². The first kappa shape index (κ1) is 12.8. The van der Waals surface area contributed by atoms with Gasteiger partial charge in [0.1, 0.15) is 5.92 Å². The second-order valence-electron chi connectivity index (χ2n) is 4.17. The van der Waals surface area contributed by atoms with Crippen molar-refractivity contribution in [2.75, 3.05) is 7.11 Å². The number of hydrogen-bond donors (Lipinski definition) is 0. The molecular weight excluding hydrogens is 331 g/mol. The minimum absolute atomic E-state index is 0.0601. The molecule has 1 aliphatic heterocycles. The van der Waals surface area contributed by atoms with Crippen molar-refractivity contribution in [2.24, 2.45) is 5.92 Å². The summed E-state index contributed by atoms with van der Waals surface area (Å²) >= 11 is 2.27. The van der Waals surface area contributed by atoms with Crippen LogP contribution in [0.4, 0.5) is 0 Å². The summed E-state index contributed by atoms with van der Waals surface area (Å²) in [6, 6.07) is 9.84. The van der Waals surface area contributed by atoms with E-state index in [-0.39, 0.29) is 28.0 Å². The molecule has 1 heterocycles. The zero-order valence-electron chi connectivity index (χ0n) is 9.80. The quantitative estimate of drug-likeness (QED) is 0.469. The van der Waals surface area contributed by atoms with Crippen LogP contribution < -0.4 is 0 Å². The van der Waals surface area contributed by atoms with E-state index in [0.29, 0.717) is 0 Å². The van der Waals surface area contributed by atoms with Crippen LogP contribution in [0.3, 0.4) is 0 Å². The van der Waals surface area contributed by atoms with E-state index in [1.807, 2.05) is 37.3 Å². The highest BCUT2D eigenvalue weighted by Crippen LogP contribution is 2.42. The van der Waals surface area contributed by atoms with Crippen molar-refractivity contribution < 1.29 is 14.3 Å². The van der Waals surface area contributed by atoms with Gasteiger partial charge in [0.2, 0.25) is 0 Å². The first-order valence-corrected chi connectivity index (χ1v) is 6.82. The van der Waals surface area contributed by atoms with Crippen LogP contribution in [0.2, 0.25) is 0 Å². The molecule has 1 saturated heterocycles. The molecule has 1 fully saturated rings. The molecule has 1 aromatic carbocycles. The standard InChI is InChI=1S/C13H15IO3/c1-8-11(14)10(13(15)16-2)12(17-8)9-6-4-3-5-7-9/h3-8,10-12H,1-2H3/t8-,10+,11-,12-/m1/s1. The fourth-order valence-corrected chi connectivity index (χ4v) is 3.01. The van der Waals surface area contributed by atoms with Gasteiger partial charge < -0.3 is 9.47 Å². The molecular formula is C13H15IO3. The number of benzene rings is 1. The molecule has 1 aromatic rings. The smallest absolute Gasteiger partial charge is 0.312 e. The van der Waals surface area contributed by atoms with Crippen LogP contribution >= 0.6 is 22.6 Å². The van der Waals surface area contributed by atoms with Crippen molar-refractivity contribution in [1.82, 2.24) is 0 Å². The number of alkyl halides is 1. The molecule has 2 rings (SSSR count). The lowest BCUT2D eigenvalue weighted by atomic mass is 9.94. The number of ether oxygens (including phenoxy) is 2. The number of methoxy groups -OCH3 is 1. The molecule has 0 spiro atoms. The Morgan fingerprint density at radius 1 is 1.35 bits per heavy atom. The average Bonchev–Trinajstić information content (AvgIpc) is 2.66. The Kier molecular flexibility index (Phi) is 4.04. The van der Waals surface area contributed by atoms with E-state index in [0.717, 1.165) is 5.56 Å². The van der Waals surface area contributed by atoms with E-state index < -0.39 is 0 Å². The van der Waals surface area contributed by atoms with E-state index in [2.05, 4.69) is 22.6 Å². The predicted octanol–water partition coefficient (Wildman–Crippen LogP) is 2.74. The summed E-state index contributed by atoms with van der Waals surface area (Å²) in [5.74, 6) is -0.416. The van der Waals surface area contributed by atoms with Gasteiger partial charge in [-0.05, 0) is 12.5 Å². The second-order valence-corrected chi connectivity index (χ2v) is 5.60. The Morgan fingerprint density at radius 2 is 2.00 bits per heavy atom. The predicted molar refractivity (Wildman–Crippen MR) is 73.0 cm³/mol. The van der Waals surface area contributed by atoms with Crippen LogP contribution in [-0.2, 0) is 14.3 Å². The van der Waals surface area contributed by atoms with E-state index in [9.17, 15) is 4.79 Å².